The Balaban J connectivity index is 0.955. The summed E-state index contributed by atoms with van der Waals surface area (Å²) in [7, 11) is 0. The number of hydrogen-bond donors (Lipinski definition) is 0. The number of rotatable bonds is 4. The van der Waals surface area contributed by atoms with Crippen molar-refractivity contribution in [2.45, 2.75) is 19.3 Å². The van der Waals surface area contributed by atoms with Crippen LogP contribution in [0.3, 0.4) is 0 Å². The third-order valence-electron chi connectivity index (χ3n) is 13.8. The molecule has 1 heterocycles. The van der Waals surface area contributed by atoms with Crippen LogP contribution in [0.25, 0.3) is 121 Å². The Labute approximate surface area is 360 Å². The Morgan fingerprint density at radius 2 is 0.758 bits per heavy atom. The minimum Gasteiger partial charge on any atom is -0.456 e. The molecule has 290 valence electrons. The fourth-order valence-corrected chi connectivity index (χ4v) is 11.1. The molecule has 0 saturated carbocycles. The number of hydrogen-bond acceptors (Lipinski definition) is 1. The molecule has 1 nitrogen and oxygen atoms in total. The lowest BCUT2D eigenvalue weighted by Crippen LogP contribution is -2.15. The van der Waals surface area contributed by atoms with E-state index in [2.05, 4.69) is 208 Å². The Morgan fingerprint density at radius 1 is 0.290 bits per heavy atom. The summed E-state index contributed by atoms with van der Waals surface area (Å²) in [6.45, 7) is 4.79. The molecule has 0 aliphatic heterocycles. The van der Waals surface area contributed by atoms with Gasteiger partial charge < -0.3 is 4.42 Å². The van der Waals surface area contributed by atoms with Crippen molar-refractivity contribution in [3.63, 3.8) is 0 Å². The smallest absolute Gasteiger partial charge is 0.135 e. The van der Waals surface area contributed by atoms with Crippen LogP contribution >= 0.6 is 0 Å². The van der Waals surface area contributed by atoms with Gasteiger partial charge >= 0.3 is 0 Å². The van der Waals surface area contributed by atoms with Crippen LogP contribution in [-0.4, -0.2) is 0 Å². The zero-order chi connectivity index (χ0) is 41.1. The van der Waals surface area contributed by atoms with Crippen molar-refractivity contribution >= 4 is 65.0 Å². The predicted octanol–water partition coefficient (Wildman–Crippen LogP) is 17.2. The summed E-state index contributed by atoms with van der Waals surface area (Å²) in [4.78, 5) is 0. The van der Waals surface area contributed by atoms with E-state index < -0.39 is 0 Å². The lowest BCUT2D eigenvalue weighted by Gasteiger charge is -2.24. The van der Waals surface area contributed by atoms with Gasteiger partial charge in [-0.1, -0.05) is 196 Å². The van der Waals surface area contributed by atoms with E-state index in [4.69, 9.17) is 4.42 Å². The highest BCUT2D eigenvalue weighted by Crippen LogP contribution is 2.55. The quantitative estimate of drug-likeness (QED) is 0.128. The summed E-state index contributed by atoms with van der Waals surface area (Å²) in [5.41, 5.74) is 17.0. The molecule has 1 heteroatoms. The molecule has 0 amide bonds. The molecule has 0 radical (unpaired) electrons. The molecule has 62 heavy (non-hydrogen) atoms. The second kappa shape index (κ2) is 13.1. The SMILES string of the molecule is CC1(C)c2ccc(-c3ccc(-c4c5ccccc5c(-c5ccccc5-c5ccc6oc7ccccc7c6c5)c5ccccc45)cc3)cc2-c2c1c1ccccc1c1ccccc21. The third kappa shape index (κ3) is 4.97. The number of para-hydroxylation sites is 1. The number of benzene rings is 11. The van der Waals surface area contributed by atoms with Gasteiger partial charge in [-0.3, -0.25) is 0 Å². The van der Waals surface area contributed by atoms with Crippen molar-refractivity contribution < 1.29 is 4.42 Å². The van der Waals surface area contributed by atoms with Gasteiger partial charge in [0.05, 0.1) is 0 Å². The maximum absolute atomic E-state index is 6.23. The van der Waals surface area contributed by atoms with Crippen molar-refractivity contribution in [3.8, 4) is 55.6 Å². The Hall–Kier alpha value is -7.74. The van der Waals surface area contributed by atoms with Crippen molar-refractivity contribution in [1.29, 1.82) is 0 Å². The largest absolute Gasteiger partial charge is 0.456 e. The van der Waals surface area contributed by atoms with Crippen molar-refractivity contribution in [1.82, 2.24) is 0 Å². The lowest BCUT2D eigenvalue weighted by atomic mass is 9.79. The fraction of sp³-hybridized carbons (Fsp3) is 0.0492. The van der Waals surface area contributed by atoms with E-state index in [9.17, 15) is 0 Å². The van der Waals surface area contributed by atoms with Crippen LogP contribution in [-0.2, 0) is 5.41 Å². The van der Waals surface area contributed by atoms with Gasteiger partial charge in [-0.25, -0.2) is 0 Å². The van der Waals surface area contributed by atoms with Crippen molar-refractivity contribution in [2.24, 2.45) is 0 Å². The highest BCUT2D eigenvalue weighted by Gasteiger charge is 2.38. The van der Waals surface area contributed by atoms with Gasteiger partial charge in [-0.05, 0) is 134 Å². The Bertz CT molecular complexity index is 3770. The summed E-state index contributed by atoms with van der Waals surface area (Å²) < 4.78 is 6.23. The molecule has 0 bridgehead atoms. The molecule has 13 rings (SSSR count). The van der Waals surface area contributed by atoms with Crippen LogP contribution in [0.1, 0.15) is 25.0 Å². The summed E-state index contributed by atoms with van der Waals surface area (Å²) in [6, 6.07) is 76.1. The molecule has 1 aromatic heterocycles. The molecule has 0 spiro atoms. The first-order valence-corrected chi connectivity index (χ1v) is 21.7. The molecule has 0 unspecified atom stereocenters. The summed E-state index contributed by atoms with van der Waals surface area (Å²) >= 11 is 0. The van der Waals surface area contributed by atoms with Gasteiger partial charge in [0.15, 0.2) is 0 Å². The molecule has 1 aliphatic rings. The maximum Gasteiger partial charge on any atom is 0.135 e. The number of furan rings is 1. The first-order valence-electron chi connectivity index (χ1n) is 21.7. The zero-order valence-electron chi connectivity index (χ0n) is 34.5. The molecular formula is C61H40O. The second-order valence-electron chi connectivity index (χ2n) is 17.5. The van der Waals surface area contributed by atoms with E-state index in [1.165, 1.54) is 110 Å². The lowest BCUT2D eigenvalue weighted by molar-refractivity contribution is 0.666. The molecule has 0 fully saturated rings. The van der Waals surface area contributed by atoms with Gasteiger partial charge in [0, 0.05) is 16.2 Å². The van der Waals surface area contributed by atoms with E-state index >= 15 is 0 Å². The van der Waals surface area contributed by atoms with E-state index in [0.29, 0.717) is 0 Å². The van der Waals surface area contributed by atoms with Gasteiger partial charge in [-0.15, -0.1) is 0 Å². The van der Waals surface area contributed by atoms with Crippen LogP contribution in [0.5, 0.6) is 0 Å². The monoisotopic (exact) mass is 788 g/mol. The minimum atomic E-state index is -0.117. The van der Waals surface area contributed by atoms with Gasteiger partial charge in [-0.2, -0.15) is 0 Å². The molecule has 0 saturated heterocycles. The van der Waals surface area contributed by atoms with E-state index in [1.807, 2.05) is 12.1 Å². The van der Waals surface area contributed by atoms with Crippen LogP contribution < -0.4 is 0 Å². The Morgan fingerprint density at radius 3 is 1.44 bits per heavy atom. The van der Waals surface area contributed by atoms with Crippen LogP contribution in [0.15, 0.2) is 211 Å². The standard InChI is InChI=1S/C61H40O/c1-61(2)54-33-31-39(35-53(54)59-46-20-7-4-16-42(46)43-17-5-12-25-51(43)60(59)61)37-27-29-38(30-28-37)57-47-21-8-10-23-49(47)58(50-24-11-9-22-48(50)57)45-19-6-3-15-41(45)40-32-34-56-52(36-40)44-18-13-14-26-55(44)62-56/h3-36H,1-2H3. The molecular weight excluding hydrogens is 749 g/mol. The molecule has 0 N–H and O–H groups in total. The van der Waals surface area contributed by atoms with Gasteiger partial charge in [0.25, 0.3) is 0 Å². The summed E-state index contributed by atoms with van der Waals surface area (Å²) in [5.74, 6) is 0. The second-order valence-corrected chi connectivity index (χ2v) is 17.5. The summed E-state index contributed by atoms with van der Waals surface area (Å²) in [5, 5.41) is 12.6. The first-order chi connectivity index (χ1) is 30.5. The first kappa shape index (κ1) is 35.1. The normalized spacial score (nSPS) is 13.1. The Kier molecular flexibility index (Phi) is 7.42. The zero-order valence-corrected chi connectivity index (χ0v) is 34.5. The van der Waals surface area contributed by atoms with Crippen LogP contribution in [0.2, 0.25) is 0 Å². The van der Waals surface area contributed by atoms with Gasteiger partial charge in [0.1, 0.15) is 11.2 Å². The maximum atomic E-state index is 6.23. The van der Waals surface area contributed by atoms with Gasteiger partial charge in [0.2, 0.25) is 0 Å². The van der Waals surface area contributed by atoms with Crippen molar-refractivity contribution in [3.05, 3.63) is 217 Å². The van der Waals surface area contributed by atoms with E-state index in [1.54, 1.807) is 0 Å². The topological polar surface area (TPSA) is 13.1 Å². The van der Waals surface area contributed by atoms with E-state index in [-0.39, 0.29) is 5.41 Å². The van der Waals surface area contributed by atoms with Crippen LogP contribution in [0.4, 0.5) is 0 Å². The molecule has 0 atom stereocenters. The third-order valence-corrected chi connectivity index (χ3v) is 13.8. The van der Waals surface area contributed by atoms with Crippen LogP contribution in [0, 0.1) is 0 Å². The van der Waals surface area contributed by atoms with E-state index in [0.717, 1.165) is 21.9 Å². The average molecular weight is 789 g/mol. The predicted molar refractivity (Wildman–Crippen MR) is 263 cm³/mol. The highest BCUT2D eigenvalue weighted by molar-refractivity contribution is 6.23. The highest BCUT2D eigenvalue weighted by atomic mass is 16.3. The fourth-order valence-electron chi connectivity index (χ4n) is 11.1. The van der Waals surface area contributed by atoms with Crippen molar-refractivity contribution in [2.75, 3.05) is 0 Å². The summed E-state index contributed by atoms with van der Waals surface area (Å²) in [6.07, 6.45) is 0. The average Bonchev–Trinajstić information content (AvgIpc) is 3.82. The number of fused-ring (bicyclic) bond motifs is 13. The molecule has 12 aromatic rings. The molecule has 11 aromatic carbocycles. The minimum absolute atomic E-state index is 0.117. The molecule has 1 aliphatic carbocycles.